The summed E-state index contributed by atoms with van der Waals surface area (Å²) < 4.78 is 30.5. The molecule has 0 radical (unpaired) electrons. The molecule has 0 unspecified atom stereocenters. The fraction of sp³-hybridized carbons (Fsp3) is 0.231. The highest BCUT2D eigenvalue weighted by Crippen LogP contribution is 2.24. The van der Waals surface area contributed by atoms with Crippen molar-refractivity contribution >= 4 is 39.2 Å². The quantitative estimate of drug-likeness (QED) is 0.380. The van der Waals surface area contributed by atoms with Crippen LogP contribution >= 0.6 is 11.6 Å². The van der Waals surface area contributed by atoms with Crippen LogP contribution in [0.5, 0.6) is 5.75 Å². The fourth-order valence-electron chi connectivity index (χ4n) is 3.37. The van der Waals surface area contributed by atoms with Gasteiger partial charge in [-0.2, -0.15) is 8.42 Å². The van der Waals surface area contributed by atoms with Crippen LogP contribution in [-0.4, -0.2) is 31.2 Å². The Morgan fingerprint density at radius 2 is 1.63 bits per heavy atom. The summed E-state index contributed by atoms with van der Waals surface area (Å²) in [7, 11) is -4.06. The van der Waals surface area contributed by atoms with Crippen molar-refractivity contribution in [2.75, 3.05) is 5.32 Å². The van der Waals surface area contributed by atoms with E-state index in [1.165, 1.54) is 31.2 Å². The van der Waals surface area contributed by atoms with E-state index in [0.717, 1.165) is 12.0 Å². The van der Waals surface area contributed by atoms with Crippen molar-refractivity contribution in [3.8, 4) is 5.75 Å². The van der Waals surface area contributed by atoms with Crippen LogP contribution < -0.4 is 9.50 Å². The molecule has 0 bridgehead atoms. The van der Waals surface area contributed by atoms with Gasteiger partial charge in [0.1, 0.15) is 10.6 Å². The number of rotatable bonds is 9. The van der Waals surface area contributed by atoms with Gasteiger partial charge in [0.25, 0.3) is 5.91 Å². The van der Waals surface area contributed by atoms with Gasteiger partial charge in [-0.15, -0.1) is 0 Å². The summed E-state index contributed by atoms with van der Waals surface area (Å²) in [5.41, 5.74) is 1.73. The van der Waals surface area contributed by atoms with Gasteiger partial charge in [0.15, 0.2) is 0 Å². The Labute approximate surface area is 210 Å². The third-order valence-corrected chi connectivity index (χ3v) is 7.02. The third-order valence-electron chi connectivity index (χ3n) is 5.43. The van der Waals surface area contributed by atoms with Gasteiger partial charge >= 0.3 is 10.1 Å². The van der Waals surface area contributed by atoms with Crippen molar-refractivity contribution in [2.24, 2.45) is 0 Å². The number of carbonyl (C=O) groups excluding carboxylic acids is 2. The summed E-state index contributed by atoms with van der Waals surface area (Å²) in [5, 5.41) is 2.97. The number of nitrogens with one attached hydrogen (secondary N) is 1. The standard InChI is InChI=1S/C26H27ClN2O5S/c1-4-18(2)29(26(31)24-7-5-6-8-25(24)27)17-20-9-13-22(14-10-20)34-35(32,33)23-15-11-21(12-16-23)28-19(3)30/h5-16,18H,4,17H2,1-3H3,(H,28,30)/t18-/m1/s1. The zero-order valence-corrected chi connectivity index (χ0v) is 21.3. The smallest absolute Gasteiger partial charge is 0.339 e. The maximum absolute atomic E-state index is 13.2. The molecular formula is C26H27ClN2O5S. The average Bonchev–Trinajstić information content (AvgIpc) is 2.83. The zero-order chi connectivity index (χ0) is 25.6. The lowest BCUT2D eigenvalue weighted by atomic mass is 10.1. The van der Waals surface area contributed by atoms with Gasteiger partial charge in [-0.05, 0) is 67.4 Å². The normalized spacial score (nSPS) is 12.0. The molecule has 0 spiro atoms. The highest BCUT2D eigenvalue weighted by atomic mass is 35.5. The molecule has 2 amide bonds. The number of halogens is 1. The molecule has 1 atom stereocenters. The molecule has 0 saturated carbocycles. The van der Waals surface area contributed by atoms with Gasteiger partial charge in [-0.25, -0.2) is 0 Å². The molecule has 0 saturated heterocycles. The maximum Gasteiger partial charge on any atom is 0.339 e. The Morgan fingerprint density at radius 1 is 1.00 bits per heavy atom. The summed E-state index contributed by atoms with van der Waals surface area (Å²) >= 11 is 6.24. The first-order chi connectivity index (χ1) is 16.6. The van der Waals surface area contributed by atoms with Gasteiger partial charge in [0.2, 0.25) is 5.91 Å². The summed E-state index contributed by atoms with van der Waals surface area (Å²) in [6.07, 6.45) is 0.760. The SMILES string of the molecule is CC[C@@H](C)N(Cc1ccc(OS(=O)(=O)c2ccc(NC(C)=O)cc2)cc1)C(=O)c1ccccc1Cl. The first-order valence-electron chi connectivity index (χ1n) is 11.1. The topological polar surface area (TPSA) is 92.8 Å². The van der Waals surface area contributed by atoms with E-state index in [1.807, 2.05) is 13.8 Å². The van der Waals surface area contributed by atoms with Crippen LogP contribution in [-0.2, 0) is 21.5 Å². The number of amides is 2. The van der Waals surface area contributed by atoms with E-state index in [4.69, 9.17) is 15.8 Å². The highest BCUT2D eigenvalue weighted by Gasteiger charge is 2.23. The summed E-state index contributed by atoms with van der Waals surface area (Å²) in [6, 6.07) is 19.1. The van der Waals surface area contributed by atoms with Crippen LogP contribution in [0.15, 0.2) is 77.7 Å². The average molecular weight is 515 g/mol. The van der Waals surface area contributed by atoms with Gasteiger partial charge in [-0.3, -0.25) is 9.59 Å². The largest absolute Gasteiger partial charge is 0.379 e. The maximum atomic E-state index is 13.2. The molecule has 1 N–H and O–H groups in total. The number of hydrogen-bond acceptors (Lipinski definition) is 5. The molecular weight excluding hydrogens is 488 g/mol. The van der Waals surface area contributed by atoms with E-state index in [1.54, 1.807) is 53.4 Å². The molecule has 0 fully saturated rings. The van der Waals surface area contributed by atoms with Crippen molar-refractivity contribution < 1.29 is 22.2 Å². The van der Waals surface area contributed by atoms with E-state index in [0.29, 0.717) is 22.8 Å². The van der Waals surface area contributed by atoms with Gasteiger partial charge < -0.3 is 14.4 Å². The van der Waals surface area contributed by atoms with Crippen LogP contribution in [0.3, 0.4) is 0 Å². The van der Waals surface area contributed by atoms with Gasteiger partial charge in [0, 0.05) is 25.2 Å². The lowest BCUT2D eigenvalue weighted by molar-refractivity contribution is -0.114. The van der Waals surface area contributed by atoms with Crippen LogP contribution in [0.4, 0.5) is 5.69 Å². The number of carbonyl (C=O) groups is 2. The fourth-order valence-corrected chi connectivity index (χ4v) is 4.51. The van der Waals surface area contributed by atoms with E-state index in [-0.39, 0.29) is 28.5 Å². The van der Waals surface area contributed by atoms with Crippen molar-refractivity contribution in [3.05, 3.63) is 88.9 Å². The molecule has 35 heavy (non-hydrogen) atoms. The van der Waals surface area contributed by atoms with Crippen LogP contribution in [0, 0.1) is 0 Å². The lowest BCUT2D eigenvalue weighted by Crippen LogP contribution is -2.37. The first-order valence-corrected chi connectivity index (χ1v) is 12.9. The second-order valence-electron chi connectivity index (χ2n) is 8.06. The van der Waals surface area contributed by atoms with E-state index in [2.05, 4.69) is 5.32 Å². The second-order valence-corrected chi connectivity index (χ2v) is 10.0. The number of nitrogens with zero attached hydrogens (tertiary/aromatic N) is 1. The van der Waals surface area contributed by atoms with E-state index < -0.39 is 10.1 Å². The number of hydrogen-bond donors (Lipinski definition) is 1. The highest BCUT2D eigenvalue weighted by molar-refractivity contribution is 7.87. The number of benzene rings is 3. The third kappa shape index (κ3) is 6.83. The van der Waals surface area contributed by atoms with E-state index >= 15 is 0 Å². The molecule has 9 heteroatoms. The molecule has 184 valence electrons. The molecule has 0 aromatic heterocycles. The molecule has 0 aliphatic rings. The minimum atomic E-state index is -4.06. The summed E-state index contributed by atoms with van der Waals surface area (Å²) in [6.45, 7) is 5.67. The summed E-state index contributed by atoms with van der Waals surface area (Å²) in [5.74, 6) is -0.278. The minimum Gasteiger partial charge on any atom is -0.379 e. The predicted molar refractivity (Wildman–Crippen MR) is 136 cm³/mol. The van der Waals surface area contributed by atoms with Gasteiger partial charge in [-0.1, -0.05) is 42.8 Å². The molecule has 3 rings (SSSR count). The molecule has 0 aliphatic carbocycles. The van der Waals surface area contributed by atoms with Crippen LogP contribution in [0.2, 0.25) is 5.02 Å². The first kappa shape index (κ1) is 26.2. The molecule has 0 heterocycles. The Balaban J connectivity index is 1.74. The molecule has 3 aromatic rings. The lowest BCUT2D eigenvalue weighted by Gasteiger charge is -2.29. The number of anilines is 1. The molecule has 7 nitrogen and oxygen atoms in total. The Hall–Kier alpha value is -3.36. The Bertz CT molecular complexity index is 1290. The Kier molecular flexibility index (Phi) is 8.53. The van der Waals surface area contributed by atoms with Crippen molar-refractivity contribution in [1.82, 2.24) is 4.90 Å². The predicted octanol–water partition coefficient (Wildman–Crippen LogP) is 5.51. The second kappa shape index (κ2) is 11.4. The molecule has 0 aliphatic heterocycles. The monoisotopic (exact) mass is 514 g/mol. The van der Waals surface area contributed by atoms with Crippen molar-refractivity contribution in [3.63, 3.8) is 0 Å². The van der Waals surface area contributed by atoms with Gasteiger partial charge in [0.05, 0.1) is 10.6 Å². The van der Waals surface area contributed by atoms with Crippen molar-refractivity contribution in [2.45, 2.75) is 44.7 Å². The minimum absolute atomic E-state index is 0.0319. The van der Waals surface area contributed by atoms with E-state index in [9.17, 15) is 18.0 Å². The Morgan fingerprint density at radius 3 is 2.20 bits per heavy atom. The van der Waals surface area contributed by atoms with Crippen LogP contribution in [0.1, 0.15) is 43.1 Å². The van der Waals surface area contributed by atoms with Crippen molar-refractivity contribution in [1.29, 1.82) is 0 Å². The van der Waals surface area contributed by atoms with Crippen LogP contribution in [0.25, 0.3) is 0 Å². The molecule has 3 aromatic carbocycles. The zero-order valence-electron chi connectivity index (χ0n) is 19.7. The summed E-state index contributed by atoms with van der Waals surface area (Å²) in [4.78, 5) is 26.0.